The van der Waals surface area contributed by atoms with E-state index in [9.17, 15) is 4.79 Å². The second kappa shape index (κ2) is 5.57. The first kappa shape index (κ1) is 13.8. The van der Waals surface area contributed by atoms with Crippen LogP contribution in [0.5, 0.6) is 0 Å². The monoisotopic (exact) mass is 330 g/mol. The molecule has 1 saturated heterocycles. The van der Waals surface area contributed by atoms with Gasteiger partial charge in [-0.1, -0.05) is 18.5 Å². The molecule has 0 aromatic carbocycles. The van der Waals surface area contributed by atoms with Gasteiger partial charge in [0.1, 0.15) is 5.15 Å². The molecular formula is C13H16BrClN2O. The molecule has 2 atom stereocenters. The van der Waals surface area contributed by atoms with Crippen LogP contribution in [0.25, 0.3) is 0 Å². The van der Waals surface area contributed by atoms with Crippen molar-refractivity contribution in [1.82, 2.24) is 9.88 Å². The predicted molar refractivity (Wildman–Crippen MR) is 75.8 cm³/mol. The maximum Gasteiger partial charge on any atom is 0.257 e. The number of nitrogens with zero attached hydrogens (tertiary/aromatic N) is 2. The van der Waals surface area contributed by atoms with E-state index < -0.39 is 0 Å². The molecule has 0 spiro atoms. The first-order chi connectivity index (χ1) is 8.49. The van der Waals surface area contributed by atoms with E-state index >= 15 is 0 Å². The van der Waals surface area contributed by atoms with Gasteiger partial charge in [0, 0.05) is 23.3 Å². The van der Waals surface area contributed by atoms with Gasteiger partial charge in [-0.25, -0.2) is 4.98 Å². The molecule has 2 rings (SSSR count). The van der Waals surface area contributed by atoms with E-state index in [-0.39, 0.29) is 17.1 Å². The smallest absolute Gasteiger partial charge is 0.257 e. The van der Waals surface area contributed by atoms with E-state index in [2.05, 4.69) is 34.8 Å². The number of aromatic nitrogens is 1. The molecule has 18 heavy (non-hydrogen) atoms. The van der Waals surface area contributed by atoms with E-state index in [1.165, 1.54) is 6.42 Å². The number of amides is 1. The third-order valence-electron chi connectivity index (χ3n) is 3.41. The van der Waals surface area contributed by atoms with Crippen LogP contribution in [0.15, 0.2) is 16.7 Å². The van der Waals surface area contributed by atoms with Crippen molar-refractivity contribution >= 4 is 33.4 Å². The highest BCUT2D eigenvalue weighted by atomic mass is 79.9. The summed E-state index contributed by atoms with van der Waals surface area (Å²) in [5.74, 6) is 0.525. The van der Waals surface area contributed by atoms with Crippen molar-refractivity contribution in [2.75, 3.05) is 6.54 Å². The Kier molecular flexibility index (Phi) is 4.28. The van der Waals surface area contributed by atoms with Gasteiger partial charge >= 0.3 is 0 Å². The fourth-order valence-corrected chi connectivity index (χ4v) is 2.81. The van der Waals surface area contributed by atoms with Gasteiger partial charge in [-0.2, -0.15) is 0 Å². The zero-order chi connectivity index (χ0) is 13.3. The van der Waals surface area contributed by atoms with E-state index in [1.54, 1.807) is 12.3 Å². The van der Waals surface area contributed by atoms with Gasteiger partial charge in [-0.15, -0.1) is 0 Å². The molecule has 1 aromatic heterocycles. The lowest BCUT2D eigenvalue weighted by Gasteiger charge is -2.37. The molecule has 5 heteroatoms. The van der Waals surface area contributed by atoms with Gasteiger partial charge in [-0.3, -0.25) is 4.79 Å². The zero-order valence-corrected chi connectivity index (χ0v) is 12.8. The van der Waals surface area contributed by atoms with Crippen molar-refractivity contribution in [3.05, 3.63) is 27.5 Å². The zero-order valence-electron chi connectivity index (χ0n) is 10.5. The largest absolute Gasteiger partial charge is 0.336 e. The fourth-order valence-electron chi connectivity index (χ4n) is 2.30. The van der Waals surface area contributed by atoms with Crippen molar-refractivity contribution in [2.24, 2.45) is 5.92 Å². The molecule has 3 nitrogen and oxygen atoms in total. The van der Waals surface area contributed by atoms with Crippen LogP contribution in [0.3, 0.4) is 0 Å². The number of carbonyl (C=O) groups is 1. The van der Waals surface area contributed by atoms with Crippen LogP contribution in [0, 0.1) is 5.92 Å². The summed E-state index contributed by atoms with van der Waals surface area (Å²) in [7, 11) is 0. The first-order valence-corrected chi connectivity index (χ1v) is 7.28. The number of piperidine rings is 1. The SMILES string of the molecule is CC1CCC(C)N(C(=O)c2cc(Br)cnc2Cl)C1. The number of pyridine rings is 1. The molecule has 0 saturated carbocycles. The minimum absolute atomic E-state index is 0.0205. The Labute approximate surface area is 121 Å². The van der Waals surface area contributed by atoms with Crippen molar-refractivity contribution in [2.45, 2.75) is 32.7 Å². The Morgan fingerprint density at radius 3 is 2.94 bits per heavy atom. The summed E-state index contributed by atoms with van der Waals surface area (Å²) in [6, 6.07) is 2.01. The topological polar surface area (TPSA) is 33.2 Å². The Hall–Kier alpha value is -0.610. The Balaban J connectivity index is 2.27. The maximum atomic E-state index is 12.5. The molecule has 1 fully saturated rings. The highest BCUT2D eigenvalue weighted by Crippen LogP contribution is 2.26. The third kappa shape index (κ3) is 2.86. The lowest BCUT2D eigenvalue weighted by atomic mass is 9.94. The number of carbonyl (C=O) groups excluding carboxylic acids is 1. The lowest BCUT2D eigenvalue weighted by molar-refractivity contribution is 0.0573. The number of halogens is 2. The van der Waals surface area contributed by atoms with Crippen molar-refractivity contribution in [3.63, 3.8) is 0 Å². The maximum absolute atomic E-state index is 12.5. The normalized spacial score (nSPS) is 24.1. The number of hydrogen-bond acceptors (Lipinski definition) is 2. The van der Waals surface area contributed by atoms with Gasteiger partial charge in [0.25, 0.3) is 5.91 Å². The molecule has 1 aliphatic heterocycles. The van der Waals surface area contributed by atoms with E-state index in [0.29, 0.717) is 11.5 Å². The fraction of sp³-hybridized carbons (Fsp3) is 0.538. The summed E-state index contributed by atoms with van der Waals surface area (Å²) < 4.78 is 0.771. The summed E-state index contributed by atoms with van der Waals surface area (Å²) in [6.45, 7) is 5.05. The van der Waals surface area contributed by atoms with Crippen molar-refractivity contribution in [3.8, 4) is 0 Å². The minimum atomic E-state index is -0.0205. The summed E-state index contributed by atoms with van der Waals surface area (Å²) in [4.78, 5) is 18.4. The lowest BCUT2D eigenvalue weighted by Crippen LogP contribution is -2.45. The molecule has 1 aliphatic rings. The van der Waals surface area contributed by atoms with Crippen molar-refractivity contribution in [1.29, 1.82) is 0 Å². The van der Waals surface area contributed by atoms with Gasteiger partial charge in [-0.05, 0) is 47.7 Å². The quantitative estimate of drug-likeness (QED) is 0.734. The van der Waals surface area contributed by atoms with Gasteiger partial charge in [0.15, 0.2) is 0 Å². The summed E-state index contributed by atoms with van der Waals surface area (Å²) in [5, 5.41) is 0.272. The molecule has 0 bridgehead atoms. The van der Waals surface area contributed by atoms with Crippen LogP contribution in [0.1, 0.15) is 37.0 Å². The summed E-state index contributed by atoms with van der Waals surface area (Å²) >= 11 is 9.34. The molecule has 1 amide bonds. The Morgan fingerprint density at radius 1 is 1.50 bits per heavy atom. The molecular weight excluding hydrogens is 316 g/mol. The van der Waals surface area contributed by atoms with Crippen LogP contribution < -0.4 is 0 Å². The highest BCUT2D eigenvalue weighted by molar-refractivity contribution is 9.10. The molecule has 98 valence electrons. The minimum Gasteiger partial charge on any atom is -0.336 e. The van der Waals surface area contributed by atoms with Crippen LogP contribution in [-0.4, -0.2) is 28.4 Å². The van der Waals surface area contributed by atoms with Crippen LogP contribution in [0.2, 0.25) is 5.15 Å². The number of rotatable bonds is 1. The average molecular weight is 332 g/mol. The van der Waals surface area contributed by atoms with Crippen LogP contribution >= 0.6 is 27.5 Å². The number of hydrogen-bond donors (Lipinski definition) is 0. The predicted octanol–water partition coefficient (Wildman–Crippen LogP) is 3.76. The van der Waals surface area contributed by atoms with Gasteiger partial charge < -0.3 is 4.90 Å². The number of likely N-dealkylation sites (tertiary alicyclic amines) is 1. The second-order valence-corrected chi connectivity index (χ2v) is 6.25. The first-order valence-electron chi connectivity index (χ1n) is 6.11. The van der Waals surface area contributed by atoms with Crippen molar-refractivity contribution < 1.29 is 4.79 Å². The van der Waals surface area contributed by atoms with Crippen LogP contribution in [-0.2, 0) is 0 Å². The highest BCUT2D eigenvalue weighted by Gasteiger charge is 2.29. The van der Waals surface area contributed by atoms with Gasteiger partial charge in [0.05, 0.1) is 5.56 Å². The molecule has 2 heterocycles. The standard InChI is InChI=1S/C13H16BrClN2O/c1-8-3-4-9(2)17(7-8)13(18)11-5-10(14)6-16-12(11)15/h5-6,8-9H,3-4,7H2,1-2H3. The van der Waals surface area contributed by atoms with Crippen LogP contribution in [0.4, 0.5) is 0 Å². The van der Waals surface area contributed by atoms with Gasteiger partial charge in [0.2, 0.25) is 0 Å². The molecule has 1 aromatic rings. The Bertz CT molecular complexity index is 466. The average Bonchev–Trinajstić information content (AvgIpc) is 2.34. The molecule has 0 N–H and O–H groups in total. The van der Waals surface area contributed by atoms with E-state index in [0.717, 1.165) is 17.4 Å². The Morgan fingerprint density at radius 2 is 2.22 bits per heavy atom. The molecule has 0 aliphatic carbocycles. The molecule has 2 unspecified atom stereocenters. The van der Waals surface area contributed by atoms with E-state index in [1.807, 2.05) is 4.90 Å². The van der Waals surface area contributed by atoms with E-state index in [4.69, 9.17) is 11.6 Å². The molecule has 0 radical (unpaired) electrons. The second-order valence-electron chi connectivity index (χ2n) is 4.98. The summed E-state index contributed by atoms with van der Waals surface area (Å²) in [6.07, 6.45) is 3.82. The third-order valence-corrected chi connectivity index (χ3v) is 4.15. The summed E-state index contributed by atoms with van der Waals surface area (Å²) in [5.41, 5.74) is 0.479.